The number of para-hydroxylation sites is 1. The Kier molecular flexibility index (Phi) is 3.48. The first-order chi connectivity index (χ1) is 9.27. The van der Waals surface area contributed by atoms with E-state index in [9.17, 15) is 5.11 Å². The fourth-order valence-corrected chi connectivity index (χ4v) is 3.05. The monoisotopic (exact) mass is 264 g/mol. The first kappa shape index (κ1) is 12.9. The number of rotatable bonds is 3. The van der Waals surface area contributed by atoms with Crippen LogP contribution in [-0.2, 0) is 15.9 Å². The Bertz CT molecular complexity index is 451. The second-order valence-corrected chi connectivity index (χ2v) is 5.22. The fourth-order valence-electron chi connectivity index (χ4n) is 3.05. The number of hydrogen-bond acceptors (Lipinski definition) is 4. The SMILES string of the molecule is COC1(C(O)c2cccc3c2OCC3)CCOCC1. The van der Waals surface area contributed by atoms with Crippen molar-refractivity contribution in [1.29, 1.82) is 0 Å². The summed E-state index contributed by atoms with van der Waals surface area (Å²) in [6, 6.07) is 5.97. The number of aliphatic hydroxyl groups is 1. The van der Waals surface area contributed by atoms with E-state index in [1.807, 2.05) is 12.1 Å². The van der Waals surface area contributed by atoms with E-state index in [0.29, 0.717) is 32.7 Å². The van der Waals surface area contributed by atoms with E-state index in [-0.39, 0.29) is 0 Å². The molecule has 3 rings (SSSR count). The van der Waals surface area contributed by atoms with E-state index in [4.69, 9.17) is 14.2 Å². The summed E-state index contributed by atoms with van der Waals surface area (Å²) in [5.41, 5.74) is 1.47. The number of aliphatic hydroxyl groups excluding tert-OH is 1. The number of methoxy groups -OCH3 is 1. The number of fused-ring (bicyclic) bond motifs is 1. The summed E-state index contributed by atoms with van der Waals surface area (Å²) < 4.78 is 16.7. The molecule has 1 atom stereocenters. The lowest BCUT2D eigenvalue weighted by Gasteiger charge is -2.40. The predicted molar refractivity (Wildman–Crippen MR) is 70.4 cm³/mol. The summed E-state index contributed by atoms with van der Waals surface area (Å²) in [5, 5.41) is 10.8. The van der Waals surface area contributed by atoms with Gasteiger partial charge in [0.1, 0.15) is 17.5 Å². The average molecular weight is 264 g/mol. The van der Waals surface area contributed by atoms with Gasteiger partial charge in [0.25, 0.3) is 0 Å². The maximum atomic E-state index is 10.8. The lowest BCUT2D eigenvalue weighted by atomic mass is 9.83. The van der Waals surface area contributed by atoms with E-state index < -0.39 is 11.7 Å². The van der Waals surface area contributed by atoms with Crippen LogP contribution in [0.4, 0.5) is 0 Å². The van der Waals surface area contributed by atoms with Gasteiger partial charge in [-0.05, 0) is 5.56 Å². The number of benzene rings is 1. The Morgan fingerprint density at radius 3 is 2.79 bits per heavy atom. The quantitative estimate of drug-likeness (QED) is 0.905. The van der Waals surface area contributed by atoms with Gasteiger partial charge in [-0.3, -0.25) is 0 Å². The van der Waals surface area contributed by atoms with Gasteiger partial charge in [-0.15, -0.1) is 0 Å². The lowest BCUT2D eigenvalue weighted by Crippen LogP contribution is -2.43. The second-order valence-electron chi connectivity index (χ2n) is 5.22. The maximum absolute atomic E-state index is 10.8. The molecule has 1 aromatic carbocycles. The Hall–Kier alpha value is -1.10. The van der Waals surface area contributed by atoms with E-state index in [1.54, 1.807) is 7.11 Å². The highest BCUT2D eigenvalue weighted by molar-refractivity contribution is 5.46. The van der Waals surface area contributed by atoms with Crippen LogP contribution < -0.4 is 4.74 Å². The summed E-state index contributed by atoms with van der Waals surface area (Å²) in [6.45, 7) is 1.95. The minimum Gasteiger partial charge on any atom is -0.493 e. The van der Waals surface area contributed by atoms with Gasteiger partial charge in [0, 0.05) is 45.1 Å². The third-order valence-corrected chi connectivity index (χ3v) is 4.28. The molecule has 4 nitrogen and oxygen atoms in total. The Labute approximate surface area is 113 Å². The van der Waals surface area contributed by atoms with Crippen LogP contribution in [0.3, 0.4) is 0 Å². The van der Waals surface area contributed by atoms with Crippen LogP contribution in [0.25, 0.3) is 0 Å². The zero-order chi connectivity index (χ0) is 13.3. The third kappa shape index (κ3) is 2.14. The summed E-state index contributed by atoms with van der Waals surface area (Å²) in [5.74, 6) is 0.845. The highest BCUT2D eigenvalue weighted by atomic mass is 16.5. The molecule has 104 valence electrons. The third-order valence-electron chi connectivity index (χ3n) is 4.28. The summed E-state index contributed by atoms with van der Waals surface area (Å²) in [6.07, 6.45) is 1.65. The van der Waals surface area contributed by atoms with Gasteiger partial charge in [-0.25, -0.2) is 0 Å². The van der Waals surface area contributed by atoms with Crippen LogP contribution in [0.1, 0.15) is 30.1 Å². The molecule has 1 N–H and O–H groups in total. The van der Waals surface area contributed by atoms with Gasteiger partial charge in [0.15, 0.2) is 0 Å². The van der Waals surface area contributed by atoms with E-state index >= 15 is 0 Å². The standard InChI is InChI=1S/C15H20O4/c1-17-15(6-9-18-10-7-15)14(16)12-4-2-3-11-5-8-19-13(11)12/h2-4,14,16H,5-10H2,1H3. The highest BCUT2D eigenvalue weighted by Crippen LogP contribution is 2.42. The zero-order valence-corrected chi connectivity index (χ0v) is 11.2. The van der Waals surface area contributed by atoms with Gasteiger partial charge in [-0.1, -0.05) is 18.2 Å². The van der Waals surface area contributed by atoms with Gasteiger partial charge in [-0.2, -0.15) is 0 Å². The van der Waals surface area contributed by atoms with Crippen molar-refractivity contribution in [2.24, 2.45) is 0 Å². The Morgan fingerprint density at radius 1 is 1.26 bits per heavy atom. The van der Waals surface area contributed by atoms with Crippen molar-refractivity contribution >= 4 is 0 Å². The molecule has 2 heterocycles. The molecule has 1 fully saturated rings. The van der Waals surface area contributed by atoms with Crippen molar-refractivity contribution < 1.29 is 19.3 Å². The normalized spacial score (nSPS) is 22.6. The number of hydrogen-bond donors (Lipinski definition) is 1. The summed E-state index contributed by atoms with van der Waals surface area (Å²) in [4.78, 5) is 0. The summed E-state index contributed by atoms with van der Waals surface area (Å²) >= 11 is 0. The van der Waals surface area contributed by atoms with Crippen molar-refractivity contribution in [2.45, 2.75) is 31.0 Å². The first-order valence-electron chi connectivity index (χ1n) is 6.82. The van der Waals surface area contributed by atoms with E-state index in [0.717, 1.165) is 17.7 Å². The molecule has 1 saturated heterocycles. The maximum Gasteiger partial charge on any atom is 0.128 e. The van der Waals surface area contributed by atoms with Crippen molar-refractivity contribution in [3.63, 3.8) is 0 Å². The van der Waals surface area contributed by atoms with Crippen LogP contribution in [0.5, 0.6) is 5.75 Å². The molecule has 4 heteroatoms. The minimum absolute atomic E-state index is 0.556. The van der Waals surface area contributed by atoms with Crippen molar-refractivity contribution in [3.8, 4) is 5.75 Å². The van der Waals surface area contributed by atoms with Gasteiger partial charge < -0.3 is 19.3 Å². The van der Waals surface area contributed by atoms with Crippen LogP contribution in [0.15, 0.2) is 18.2 Å². The van der Waals surface area contributed by atoms with Gasteiger partial charge in [0.2, 0.25) is 0 Å². The Morgan fingerprint density at radius 2 is 2.05 bits per heavy atom. The van der Waals surface area contributed by atoms with Crippen molar-refractivity contribution in [1.82, 2.24) is 0 Å². The lowest BCUT2D eigenvalue weighted by molar-refractivity contribution is -0.154. The van der Waals surface area contributed by atoms with Crippen molar-refractivity contribution in [3.05, 3.63) is 29.3 Å². The molecule has 2 aliphatic heterocycles. The molecule has 2 aliphatic rings. The van der Waals surface area contributed by atoms with Gasteiger partial charge in [0.05, 0.1) is 6.61 Å². The first-order valence-corrected chi connectivity index (χ1v) is 6.82. The molecular weight excluding hydrogens is 244 g/mol. The van der Waals surface area contributed by atoms with E-state index in [2.05, 4.69) is 6.07 Å². The largest absolute Gasteiger partial charge is 0.493 e. The van der Waals surface area contributed by atoms with E-state index in [1.165, 1.54) is 5.56 Å². The molecule has 1 aromatic rings. The average Bonchev–Trinajstić information content (AvgIpc) is 2.95. The second kappa shape index (κ2) is 5.12. The molecule has 0 aromatic heterocycles. The zero-order valence-electron chi connectivity index (χ0n) is 11.2. The fraction of sp³-hybridized carbons (Fsp3) is 0.600. The molecular formula is C15H20O4. The highest BCUT2D eigenvalue weighted by Gasteiger charge is 2.42. The van der Waals surface area contributed by atoms with Crippen LogP contribution in [0.2, 0.25) is 0 Å². The molecule has 0 saturated carbocycles. The van der Waals surface area contributed by atoms with Crippen LogP contribution >= 0.6 is 0 Å². The van der Waals surface area contributed by atoms with Crippen LogP contribution in [0, 0.1) is 0 Å². The topological polar surface area (TPSA) is 47.9 Å². The van der Waals surface area contributed by atoms with Crippen LogP contribution in [-0.4, -0.2) is 37.6 Å². The molecule has 0 amide bonds. The van der Waals surface area contributed by atoms with Crippen molar-refractivity contribution in [2.75, 3.05) is 26.9 Å². The molecule has 0 radical (unpaired) electrons. The smallest absolute Gasteiger partial charge is 0.128 e. The van der Waals surface area contributed by atoms with Gasteiger partial charge >= 0.3 is 0 Å². The molecule has 0 spiro atoms. The predicted octanol–water partition coefficient (Wildman–Crippen LogP) is 1.85. The molecule has 19 heavy (non-hydrogen) atoms. The molecule has 1 unspecified atom stereocenters. The minimum atomic E-state index is -0.672. The summed E-state index contributed by atoms with van der Waals surface area (Å²) in [7, 11) is 1.67. The molecule has 0 aliphatic carbocycles. The number of ether oxygens (including phenoxy) is 3. The molecule has 0 bridgehead atoms. The Balaban J connectivity index is 1.94.